The quantitative estimate of drug-likeness (QED) is 0.675. The molecule has 0 spiro atoms. The van der Waals surface area contributed by atoms with Crippen molar-refractivity contribution in [2.24, 2.45) is 0 Å². The molecule has 0 aliphatic heterocycles. The van der Waals surface area contributed by atoms with Crippen LogP contribution in [0.4, 0.5) is 18.9 Å². The van der Waals surface area contributed by atoms with Gasteiger partial charge in [0.05, 0.1) is 5.56 Å². The van der Waals surface area contributed by atoms with Gasteiger partial charge in [0.1, 0.15) is 0 Å². The third-order valence-corrected chi connectivity index (χ3v) is 2.56. The van der Waals surface area contributed by atoms with Crippen LogP contribution in [-0.4, -0.2) is 5.78 Å². The summed E-state index contributed by atoms with van der Waals surface area (Å²) in [6, 6.07) is 2.08. The van der Waals surface area contributed by atoms with Gasteiger partial charge in [-0.05, 0) is 18.1 Å². The summed E-state index contributed by atoms with van der Waals surface area (Å²) in [6.07, 6.45) is -3.89. The minimum absolute atomic E-state index is 0.134. The number of fused-ring (bicyclic) bond motifs is 1. The van der Waals surface area contributed by atoms with Crippen molar-refractivity contribution >= 4 is 11.5 Å². The number of nitrogen functional groups attached to an aromatic ring is 1. The number of halogens is 3. The molecule has 1 aromatic carbocycles. The predicted molar refractivity (Wildman–Crippen MR) is 48.5 cm³/mol. The molecule has 0 saturated carbocycles. The van der Waals surface area contributed by atoms with Crippen molar-refractivity contribution in [3.63, 3.8) is 0 Å². The molecule has 2 rings (SSSR count). The molecule has 0 radical (unpaired) electrons. The lowest BCUT2D eigenvalue weighted by atomic mass is 10.0. The predicted octanol–water partition coefficient (Wildman–Crippen LogP) is 2.42. The second-order valence-electron chi connectivity index (χ2n) is 3.47. The van der Waals surface area contributed by atoms with E-state index in [0.29, 0.717) is 17.5 Å². The Labute approximate surface area is 83.9 Å². The van der Waals surface area contributed by atoms with Gasteiger partial charge in [0.15, 0.2) is 5.78 Å². The number of alkyl halides is 3. The van der Waals surface area contributed by atoms with Crippen LogP contribution in [-0.2, 0) is 12.6 Å². The number of benzene rings is 1. The normalized spacial score (nSPS) is 15.5. The fourth-order valence-electron chi connectivity index (χ4n) is 1.82. The van der Waals surface area contributed by atoms with Crippen molar-refractivity contribution in [1.29, 1.82) is 0 Å². The fraction of sp³-hybridized carbons (Fsp3) is 0.300. The summed E-state index contributed by atoms with van der Waals surface area (Å²) in [4.78, 5) is 11.2. The number of rotatable bonds is 0. The lowest BCUT2D eigenvalue weighted by Crippen LogP contribution is -2.11. The van der Waals surface area contributed by atoms with E-state index < -0.39 is 11.7 Å². The topological polar surface area (TPSA) is 43.1 Å². The summed E-state index contributed by atoms with van der Waals surface area (Å²) in [6.45, 7) is 0. The van der Waals surface area contributed by atoms with E-state index in [4.69, 9.17) is 5.73 Å². The number of carbonyl (C=O) groups excluding carboxylic acids is 1. The molecule has 2 nitrogen and oxygen atoms in total. The molecule has 0 bridgehead atoms. The van der Waals surface area contributed by atoms with Gasteiger partial charge < -0.3 is 5.73 Å². The van der Waals surface area contributed by atoms with Crippen LogP contribution in [0.25, 0.3) is 0 Å². The number of Topliss-reactive ketones (excluding diaryl/α,β-unsaturated/α-hetero) is 1. The molecule has 2 N–H and O–H groups in total. The molecule has 5 heteroatoms. The van der Waals surface area contributed by atoms with Crippen LogP contribution in [0, 0.1) is 0 Å². The lowest BCUT2D eigenvalue weighted by molar-refractivity contribution is -0.136. The Morgan fingerprint density at radius 3 is 2.47 bits per heavy atom. The van der Waals surface area contributed by atoms with E-state index >= 15 is 0 Å². The average Bonchev–Trinajstić information content (AvgIpc) is 2.47. The van der Waals surface area contributed by atoms with Gasteiger partial charge in [0.2, 0.25) is 0 Å². The largest absolute Gasteiger partial charge is 0.418 e. The van der Waals surface area contributed by atoms with Crippen LogP contribution >= 0.6 is 0 Å². The maximum absolute atomic E-state index is 12.4. The van der Waals surface area contributed by atoms with Gasteiger partial charge in [0.25, 0.3) is 0 Å². The Balaban J connectivity index is 2.61. The molecule has 80 valence electrons. The number of carbonyl (C=O) groups is 1. The number of anilines is 1. The zero-order valence-corrected chi connectivity index (χ0v) is 7.69. The molecular weight excluding hydrogens is 207 g/mol. The third kappa shape index (κ3) is 1.48. The molecule has 0 aromatic heterocycles. The summed E-state index contributed by atoms with van der Waals surface area (Å²) in [5.41, 5.74) is 4.94. The Kier molecular flexibility index (Phi) is 1.99. The van der Waals surface area contributed by atoms with Gasteiger partial charge in [-0.2, -0.15) is 13.2 Å². The van der Waals surface area contributed by atoms with Gasteiger partial charge in [-0.25, -0.2) is 0 Å². The SMILES string of the molecule is Nc1c(C(F)(F)F)ccc2c1CCC2=O. The smallest absolute Gasteiger partial charge is 0.398 e. The highest BCUT2D eigenvalue weighted by atomic mass is 19.4. The number of hydrogen-bond acceptors (Lipinski definition) is 2. The summed E-state index contributed by atoms with van der Waals surface area (Å²) >= 11 is 0. The first-order valence-electron chi connectivity index (χ1n) is 4.43. The van der Waals surface area contributed by atoms with Crippen LogP contribution in [0.2, 0.25) is 0 Å². The minimum atomic E-state index is -4.45. The summed E-state index contributed by atoms with van der Waals surface area (Å²) in [5, 5.41) is 0. The maximum Gasteiger partial charge on any atom is 0.418 e. The Morgan fingerprint density at radius 2 is 1.87 bits per heavy atom. The summed E-state index contributed by atoms with van der Waals surface area (Å²) in [5.74, 6) is -0.134. The van der Waals surface area contributed by atoms with Crippen molar-refractivity contribution in [1.82, 2.24) is 0 Å². The van der Waals surface area contributed by atoms with Gasteiger partial charge in [-0.3, -0.25) is 4.79 Å². The van der Waals surface area contributed by atoms with E-state index in [9.17, 15) is 18.0 Å². The van der Waals surface area contributed by atoms with E-state index in [1.807, 2.05) is 0 Å². The average molecular weight is 215 g/mol. The van der Waals surface area contributed by atoms with E-state index in [0.717, 1.165) is 6.07 Å². The van der Waals surface area contributed by atoms with Crippen LogP contribution in [0.3, 0.4) is 0 Å². The van der Waals surface area contributed by atoms with Crippen molar-refractivity contribution in [3.8, 4) is 0 Å². The van der Waals surface area contributed by atoms with Crippen molar-refractivity contribution < 1.29 is 18.0 Å². The second kappa shape index (κ2) is 2.98. The van der Waals surface area contributed by atoms with Crippen LogP contribution in [0.15, 0.2) is 12.1 Å². The van der Waals surface area contributed by atoms with E-state index in [-0.39, 0.29) is 17.9 Å². The summed E-state index contributed by atoms with van der Waals surface area (Å²) in [7, 11) is 0. The monoisotopic (exact) mass is 215 g/mol. The highest BCUT2D eigenvalue weighted by Gasteiger charge is 2.35. The van der Waals surface area contributed by atoms with Gasteiger partial charge in [0, 0.05) is 17.7 Å². The third-order valence-electron chi connectivity index (χ3n) is 2.56. The van der Waals surface area contributed by atoms with Crippen molar-refractivity contribution in [3.05, 3.63) is 28.8 Å². The molecule has 1 aliphatic rings. The molecule has 15 heavy (non-hydrogen) atoms. The number of nitrogens with two attached hydrogens (primary N) is 1. The van der Waals surface area contributed by atoms with Crippen LogP contribution in [0.1, 0.15) is 27.9 Å². The van der Waals surface area contributed by atoms with Gasteiger partial charge >= 0.3 is 6.18 Å². The second-order valence-corrected chi connectivity index (χ2v) is 3.47. The molecule has 0 fully saturated rings. The van der Waals surface area contributed by atoms with E-state index in [1.54, 1.807) is 0 Å². The standard InChI is InChI=1S/C10H8F3NO/c11-10(12,13)7-3-1-5-6(9(7)14)2-4-8(5)15/h1,3H,2,4,14H2. The van der Waals surface area contributed by atoms with Gasteiger partial charge in [-0.1, -0.05) is 6.07 Å². The van der Waals surface area contributed by atoms with Crippen molar-refractivity contribution in [2.75, 3.05) is 5.73 Å². The molecular formula is C10H8F3NO. The highest BCUT2D eigenvalue weighted by Crippen LogP contribution is 2.38. The number of ketones is 1. The molecule has 0 heterocycles. The molecule has 0 unspecified atom stereocenters. The zero-order valence-electron chi connectivity index (χ0n) is 7.69. The Morgan fingerprint density at radius 1 is 1.20 bits per heavy atom. The zero-order chi connectivity index (χ0) is 11.2. The molecule has 0 atom stereocenters. The molecule has 1 aromatic rings. The molecule has 0 saturated heterocycles. The first-order chi connectivity index (χ1) is 6.91. The lowest BCUT2D eigenvalue weighted by Gasteiger charge is -2.12. The summed E-state index contributed by atoms with van der Waals surface area (Å²) < 4.78 is 37.3. The Hall–Kier alpha value is -1.52. The maximum atomic E-state index is 12.4. The van der Waals surface area contributed by atoms with Gasteiger partial charge in [-0.15, -0.1) is 0 Å². The molecule has 1 aliphatic carbocycles. The molecule has 0 amide bonds. The Bertz CT molecular complexity index is 437. The van der Waals surface area contributed by atoms with Crippen molar-refractivity contribution in [2.45, 2.75) is 19.0 Å². The minimum Gasteiger partial charge on any atom is -0.398 e. The van der Waals surface area contributed by atoms with Crippen LogP contribution in [0.5, 0.6) is 0 Å². The first-order valence-corrected chi connectivity index (χ1v) is 4.43. The first kappa shape index (κ1) is 10.0. The van der Waals surface area contributed by atoms with Crippen LogP contribution < -0.4 is 5.73 Å². The number of hydrogen-bond donors (Lipinski definition) is 1. The van der Waals surface area contributed by atoms with E-state index in [1.165, 1.54) is 6.07 Å². The van der Waals surface area contributed by atoms with E-state index in [2.05, 4.69) is 0 Å². The highest BCUT2D eigenvalue weighted by molar-refractivity contribution is 6.02. The fourth-order valence-corrected chi connectivity index (χ4v) is 1.82.